The lowest BCUT2D eigenvalue weighted by atomic mass is 9.86. The quantitative estimate of drug-likeness (QED) is 0.838. The number of carbonyl (C=O) groups is 1. The summed E-state index contributed by atoms with van der Waals surface area (Å²) in [6.07, 6.45) is 6.83. The number of likely N-dealkylation sites (tertiary alicyclic amines) is 1. The van der Waals surface area contributed by atoms with Crippen molar-refractivity contribution in [2.24, 2.45) is 5.41 Å². The number of ketones is 1. The van der Waals surface area contributed by atoms with Gasteiger partial charge in [-0.25, -0.2) is 0 Å². The van der Waals surface area contributed by atoms with Crippen LogP contribution in [0, 0.1) is 5.41 Å². The SMILES string of the molecule is CC(=O)C1(CN2CCC3(CC2)CC(N[C@@H]2C[C@H]2c2ccccc2)CO3)CC1. The number of ether oxygens (including phenoxy) is 1. The first-order valence-electron chi connectivity index (χ1n) is 10.8. The van der Waals surface area contributed by atoms with Crippen LogP contribution < -0.4 is 5.32 Å². The molecule has 2 saturated carbocycles. The molecule has 1 N–H and O–H groups in total. The molecule has 1 spiro atoms. The second kappa shape index (κ2) is 6.68. The summed E-state index contributed by atoms with van der Waals surface area (Å²) in [5.74, 6) is 1.08. The third kappa shape index (κ3) is 3.59. The zero-order valence-corrected chi connectivity index (χ0v) is 16.5. The van der Waals surface area contributed by atoms with E-state index in [4.69, 9.17) is 4.74 Å². The van der Waals surface area contributed by atoms with Crippen LogP contribution in [0.1, 0.15) is 56.9 Å². The molecule has 1 unspecified atom stereocenters. The minimum absolute atomic E-state index is 0.00352. The van der Waals surface area contributed by atoms with Gasteiger partial charge in [0.2, 0.25) is 0 Å². The maximum atomic E-state index is 11.9. The molecule has 2 aliphatic carbocycles. The normalized spacial score (nSPS) is 33.9. The number of carbonyl (C=O) groups excluding carboxylic acids is 1. The van der Waals surface area contributed by atoms with Crippen LogP contribution >= 0.6 is 0 Å². The molecule has 0 aromatic heterocycles. The number of piperidine rings is 1. The largest absolute Gasteiger partial charge is 0.373 e. The first-order valence-corrected chi connectivity index (χ1v) is 10.8. The van der Waals surface area contributed by atoms with Crippen LogP contribution in [0.4, 0.5) is 0 Å². The number of hydrogen-bond donors (Lipinski definition) is 1. The monoisotopic (exact) mass is 368 g/mol. The minimum Gasteiger partial charge on any atom is -0.373 e. The molecule has 4 heteroatoms. The van der Waals surface area contributed by atoms with Crippen LogP contribution in [-0.2, 0) is 9.53 Å². The van der Waals surface area contributed by atoms with Crippen LogP contribution in [0.5, 0.6) is 0 Å². The minimum atomic E-state index is 0.00352. The lowest BCUT2D eigenvalue weighted by molar-refractivity contribution is -0.123. The first-order chi connectivity index (χ1) is 13.1. The van der Waals surface area contributed by atoms with E-state index in [1.165, 1.54) is 12.0 Å². The van der Waals surface area contributed by atoms with E-state index < -0.39 is 0 Å². The second-order valence-electron chi connectivity index (χ2n) is 9.53. The summed E-state index contributed by atoms with van der Waals surface area (Å²) in [7, 11) is 0. The van der Waals surface area contributed by atoms with Gasteiger partial charge in [0.15, 0.2) is 0 Å². The number of rotatable bonds is 6. The fourth-order valence-corrected chi connectivity index (χ4v) is 5.37. The van der Waals surface area contributed by atoms with E-state index in [1.54, 1.807) is 6.92 Å². The lowest BCUT2D eigenvalue weighted by Gasteiger charge is -2.39. The average molecular weight is 369 g/mol. The maximum Gasteiger partial charge on any atom is 0.137 e. The summed E-state index contributed by atoms with van der Waals surface area (Å²) in [6.45, 7) is 5.77. The van der Waals surface area contributed by atoms with E-state index in [0.717, 1.165) is 58.3 Å². The van der Waals surface area contributed by atoms with Crippen molar-refractivity contribution in [1.29, 1.82) is 0 Å². The van der Waals surface area contributed by atoms with E-state index in [2.05, 4.69) is 40.5 Å². The van der Waals surface area contributed by atoms with E-state index >= 15 is 0 Å². The molecule has 4 fully saturated rings. The van der Waals surface area contributed by atoms with Gasteiger partial charge in [0.25, 0.3) is 0 Å². The molecular weight excluding hydrogens is 336 g/mol. The van der Waals surface area contributed by atoms with Crippen molar-refractivity contribution in [3.8, 4) is 0 Å². The Morgan fingerprint density at radius 1 is 1.19 bits per heavy atom. The Balaban J connectivity index is 1.10. The third-order valence-corrected chi connectivity index (χ3v) is 7.57. The molecule has 0 radical (unpaired) electrons. The highest BCUT2D eigenvalue weighted by Crippen LogP contribution is 2.48. The molecule has 4 aliphatic rings. The molecule has 1 aromatic rings. The Morgan fingerprint density at radius 3 is 2.59 bits per heavy atom. The van der Waals surface area contributed by atoms with E-state index in [9.17, 15) is 4.79 Å². The highest BCUT2D eigenvalue weighted by Gasteiger charge is 2.50. The Bertz CT molecular complexity index is 692. The van der Waals surface area contributed by atoms with Crippen molar-refractivity contribution < 1.29 is 9.53 Å². The lowest BCUT2D eigenvalue weighted by Crippen LogP contribution is -2.47. The maximum absolute atomic E-state index is 11.9. The number of benzene rings is 1. The summed E-state index contributed by atoms with van der Waals surface area (Å²) in [5, 5.41) is 3.86. The van der Waals surface area contributed by atoms with E-state index in [1.807, 2.05) is 0 Å². The van der Waals surface area contributed by atoms with Gasteiger partial charge in [-0.1, -0.05) is 30.3 Å². The van der Waals surface area contributed by atoms with Gasteiger partial charge in [0, 0.05) is 43.1 Å². The molecule has 0 amide bonds. The van der Waals surface area contributed by atoms with Gasteiger partial charge >= 0.3 is 0 Å². The van der Waals surface area contributed by atoms with Crippen molar-refractivity contribution in [2.75, 3.05) is 26.2 Å². The van der Waals surface area contributed by atoms with Crippen LogP contribution in [0.15, 0.2) is 30.3 Å². The molecule has 0 bridgehead atoms. The molecule has 146 valence electrons. The second-order valence-corrected chi connectivity index (χ2v) is 9.53. The molecule has 27 heavy (non-hydrogen) atoms. The summed E-state index contributed by atoms with van der Waals surface area (Å²) in [6, 6.07) is 12.0. The van der Waals surface area contributed by atoms with E-state index in [-0.39, 0.29) is 11.0 Å². The van der Waals surface area contributed by atoms with Crippen LogP contribution in [0.25, 0.3) is 0 Å². The molecular formula is C23H32N2O2. The first kappa shape index (κ1) is 17.8. The number of Topliss-reactive ketones (excluding diaryl/α,β-unsaturated/α-hetero) is 1. The Hall–Kier alpha value is -1.23. The van der Waals surface area contributed by atoms with Gasteiger partial charge in [0.05, 0.1) is 12.2 Å². The highest BCUT2D eigenvalue weighted by molar-refractivity contribution is 5.85. The number of nitrogens with zero attached hydrogens (tertiary/aromatic N) is 1. The summed E-state index contributed by atoms with van der Waals surface area (Å²) in [4.78, 5) is 14.4. The predicted octanol–water partition coefficient (Wildman–Crippen LogP) is 3.12. The van der Waals surface area contributed by atoms with Crippen LogP contribution in [-0.4, -0.2) is 54.6 Å². The van der Waals surface area contributed by atoms with Crippen LogP contribution in [0.3, 0.4) is 0 Å². The highest BCUT2D eigenvalue weighted by atomic mass is 16.5. The number of nitrogens with one attached hydrogen (secondary N) is 1. The Kier molecular flexibility index (Phi) is 4.41. The number of hydrogen-bond acceptors (Lipinski definition) is 4. The fraction of sp³-hybridized carbons (Fsp3) is 0.696. The molecule has 2 aliphatic heterocycles. The molecule has 3 atom stereocenters. The smallest absolute Gasteiger partial charge is 0.137 e. The fourth-order valence-electron chi connectivity index (χ4n) is 5.37. The van der Waals surface area contributed by atoms with Crippen LogP contribution in [0.2, 0.25) is 0 Å². The van der Waals surface area contributed by atoms with Crippen molar-refractivity contribution in [1.82, 2.24) is 10.2 Å². The summed E-state index contributed by atoms with van der Waals surface area (Å²) in [5.41, 5.74) is 1.55. The van der Waals surface area contributed by atoms with Crippen molar-refractivity contribution in [3.05, 3.63) is 35.9 Å². The van der Waals surface area contributed by atoms with Crippen molar-refractivity contribution in [3.63, 3.8) is 0 Å². The molecule has 2 heterocycles. The van der Waals surface area contributed by atoms with Gasteiger partial charge in [-0.05, 0) is 51.0 Å². The molecule has 2 saturated heterocycles. The zero-order chi connectivity index (χ0) is 18.5. The van der Waals surface area contributed by atoms with E-state index in [0.29, 0.717) is 23.8 Å². The molecule has 5 rings (SSSR count). The summed E-state index contributed by atoms with van der Waals surface area (Å²) < 4.78 is 6.35. The Labute approximate surface area is 162 Å². The van der Waals surface area contributed by atoms with Gasteiger partial charge in [-0.15, -0.1) is 0 Å². The van der Waals surface area contributed by atoms with Crippen molar-refractivity contribution >= 4 is 5.78 Å². The van der Waals surface area contributed by atoms with Crippen molar-refractivity contribution in [2.45, 2.75) is 69.1 Å². The molecule has 4 nitrogen and oxygen atoms in total. The standard InChI is InChI=1S/C23H32N2O2/c1-17(26)22(7-8-22)16-25-11-9-23(10-12-25)14-19(15-27-23)24-21-13-20(21)18-5-3-2-4-6-18/h2-6,19-21,24H,7-16H2,1H3/t19?,20-,21+/m0/s1. The predicted molar refractivity (Wildman–Crippen MR) is 106 cm³/mol. The van der Waals surface area contributed by atoms with Gasteiger partial charge < -0.3 is 15.0 Å². The third-order valence-electron chi connectivity index (χ3n) is 7.57. The van der Waals surface area contributed by atoms with Gasteiger partial charge in [-0.2, -0.15) is 0 Å². The summed E-state index contributed by atoms with van der Waals surface area (Å²) >= 11 is 0. The van der Waals surface area contributed by atoms with Gasteiger partial charge in [-0.3, -0.25) is 4.79 Å². The Morgan fingerprint density at radius 2 is 1.93 bits per heavy atom. The average Bonchev–Trinajstić information content (AvgIpc) is 3.58. The molecule has 1 aromatic carbocycles. The zero-order valence-electron chi connectivity index (χ0n) is 16.5. The topological polar surface area (TPSA) is 41.6 Å². The van der Waals surface area contributed by atoms with Gasteiger partial charge in [0.1, 0.15) is 5.78 Å².